The first kappa shape index (κ1) is 23.7. The summed E-state index contributed by atoms with van der Waals surface area (Å²) in [7, 11) is 0. The van der Waals surface area contributed by atoms with Crippen LogP contribution in [-0.4, -0.2) is 15.9 Å². The summed E-state index contributed by atoms with van der Waals surface area (Å²) in [6.45, 7) is 11.4. The first-order valence-electron chi connectivity index (χ1n) is 8.92. The molecule has 0 fully saturated rings. The molecule has 1 heterocycles. The van der Waals surface area contributed by atoms with Gasteiger partial charge in [-0.3, -0.25) is 4.79 Å². The predicted molar refractivity (Wildman–Crippen MR) is 112 cm³/mol. The van der Waals surface area contributed by atoms with Crippen LogP contribution in [0.1, 0.15) is 36.1 Å². The van der Waals surface area contributed by atoms with E-state index in [2.05, 4.69) is 69.1 Å². The Labute approximate surface area is 180 Å². The van der Waals surface area contributed by atoms with Crippen molar-refractivity contribution in [3.05, 3.63) is 76.7 Å². The topological polar surface area (TPSA) is 50.2 Å². The van der Waals surface area contributed by atoms with Crippen molar-refractivity contribution in [3.63, 3.8) is 0 Å². The van der Waals surface area contributed by atoms with Crippen LogP contribution in [0.4, 0.5) is 0 Å². The van der Waals surface area contributed by atoms with E-state index in [1.807, 2.05) is 6.20 Å². The van der Waals surface area contributed by atoms with Crippen molar-refractivity contribution in [1.29, 1.82) is 0 Å². The standard InChI is InChI=1S/C19H18N.C5H8O2.Ir/c1-12-5-7-16-9-10-20-19(18(16)11-12)17-8-6-13(2)14(3)15(17)4;1-4(6)3-5(2)7;/h5-7,9-11H,1-4H3;3,6H,1-2H3;/q-1;;/b;4-3-;. The van der Waals surface area contributed by atoms with Crippen molar-refractivity contribution in [1.82, 2.24) is 4.98 Å². The van der Waals surface area contributed by atoms with E-state index in [1.54, 1.807) is 0 Å². The Morgan fingerprint density at radius 2 is 1.75 bits per heavy atom. The van der Waals surface area contributed by atoms with Crippen LogP contribution in [0.3, 0.4) is 0 Å². The van der Waals surface area contributed by atoms with E-state index in [4.69, 9.17) is 5.11 Å². The number of aromatic nitrogens is 1. The summed E-state index contributed by atoms with van der Waals surface area (Å²) < 4.78 is 0. The molecule has 0 amide bonds. The fourth-order valence-corrected chi connectivity index (χ4v) is 2.90. The Balaban J connectivity index is 0.000000425. The minimum Gasteiger partial charge on any atom is -0.512 e. The molecule has 0 aliphatic rings. The summed E-state index contributed by atoms with van der Waals surface area (Å²) in [5, 5.41) is 10.8. The van der Waals surface area contributed by atoms with Crippen LogP contribution >= 0.6 is 0 Å². The number of aliphatic hydroxyl groups is 1. The Morgan fingerprint density at radius 3 is 2.32 bits per heavy atom. The second kappa shape index (κ2) is 10.3. The van der Waals surface area contributed by atoms with Crippen LogP contribution in [0, 0.1) is 33.8 Å². The van der Waals surface area contributed by atoms with Gasteiger partial charge in [0.1, 0.15) is 0 Å². The molecule has 0 bridgehead atoms. The van der Waals surface area contributed by atoms with E-state index in [-0.39, 0.29) is 31.6 Å². The Bertz CT molecular complexity index is 1020. The molecule has 4 heteroatoms. The quantitative estimate of drug-likeness (QED) is 0.242. The van der Waals surface area contributed by atoms with Crippen molar-refractivity contribution in [2.75, 3.05) is 0 Å². The van der Waals surface area contributed by atoms with Crippen LogP contribution in [0.25, 0.3) is 22.0 Å². The van der Waals surface area contributed by atoms with Gasteiger partial charge in [-0.15, -0.1) is 34.4 Å². The maximum absolute atomic E-state index is 10.0. The van der Waals surface area contributed by atoms with Crippen molar-refractivity contribution in [2.24, 2.45) is 0 Å². The molecular weight excluding hydrogens is 526 g/mol. The molecule has 0 saturated heterocycles. The first-order valence-corrected chi connectivity index (χ1v) is 8.92. The van der Waals surface area contributed by atoms with Crippen LogP contribution in [-0.2, 0) is 24.9 Å². The Kier molecular flexibility index (Phi) is 8.74. The van der Waals surface area contributed by atoms with E-state index in [9.17, 15) is 4.79 Å². The normalized spacial score (nSPS) is 10.7. The summed E-state index contributed by atoms with van der Waals surface area (Å²) in [4.78, 5) is 14.6. The van der Waals surface area contributed by atoms with Crippen molar-refractivity contribution < 1.29 is 30.0 Å². The zero-order valence-electron chi connectivity index (χ0n) is 17.2. The zero-order valence-corrected chi connectivity index (χ0v) is 19.6. The summed E-state index contributed by atoms with van der Waals surface area (Å²) in [6.07, 6.45) is 3.05. The molecule has 0 spiro atoms. The van der Waals surface area contributed by atoms with Gasteiger partial charge in [0.25, 0.3) is 0 Å². The molecule has 0 aliphatic heterocycles. The predicted octanol–water partition coefficient (Wildman–Crippen LogP) is 5.97. The van der Waals surface area contributed by atoms with Gasteiger partial charge in [-0.05, 0) is 43.3 Å². The van der Waals surface area contributed by atoms with E-state index in [1.165, 1.54) is 52.9 Å². The maximum atomic E-state index is 10.0. The Hall–Kier alpha value is -2.29. The average Bonchev–Trinajstić information content (AvgIpc) is 2.59. The van der Waals surface area contributed by atoms with Crippen LogP contribution in [0.15, 0.2) is 48.4 Å². The number of hydrogen-bond donors (Lipinski definition) is 1. The fourth-order valence-electron chi connectivity index (χ4n) is 2.90. The molecule has 28 heavy (non-hydrogen) atoms. The van der Waals surface area contributed by atoms with Crippen molar-refractivity contribution in [2.45, 2.75) is 41.5 Å². The second-order valence-electron chi connectivity index (χ2n) is 6.88. The molecule has 2 aromatic carbocycles. The molecule has 1 N–H and O–H groups in total. The number of carbonyl (C=O) groups excluding carboxylic acids is 1. The molecule has 1 radical (unpaired) electrons. The van der Waals surface area contributed by atoms with Crippen molar-refractivity contribution in [3.8, 4) is 11.3 Å². The molecule has 0 saturated carbocycles. The van der Waals surface area contributed by atoms with Crippen molar-refractivity contribution >= 4 is 16.6 Å². The van der Waals surface area contributed by atoms with E-state index < -0.39 is 0 Å². The smallest absolute Gasteiger partial charge is 0.155 e. The van der Waals surface area contributed by atoms with Crippen LogP contribution in [0.2, 0.25) is 0 Å². The molecule has 3 rings (SSSR count). The number of pyridine rings is 1. The number of benzene rings is 2. The number of aliphatic hydroxyl groups excluding tert-OH is 1. The molecule has 0 unspecified atom stereocenters. The average molecular weight is 553 g/mol. The number of carbonyl (C=O) groups is 1. The third kappa shape index (κ3) is 5.85. The molecule has 3 aromatic rings. The van der Waals surface area contributed by atoms with Crippen LogP contribution in [0.5, 0.6) is 0 Å². The van der Waals surface area contributed by atoms with E-state index in [0.717, 1.165) is 11.3 Å². The van der Waals surface area contributed by atoms with Gasteiger partial charge in [-0.2, -0.15) is 0 Å². The van der Waals surface area contributed by atoms with Gasteiger partial charge in [0.2, 0.25) is 0 Å². The molecule has 0 aliphatic carbocycles. The molecule has 149 valence electrons. The van der Waals surface area contributed by atoms with Gasteiger partial charge in [-0.25, -0.2) is 0 Å². The number of ketones is 1. The van der Waals surface area contributed by atoms with Gasteiger partial charge < -0.3 is 10.1 Å². The largest absolute Gasteiger partial charge is 0.512 e. The number of hydrogen-bond acceptors (Lipinski definition) is 3. The maximum Gasteiger partial charge on any atom is 0.155 e. The second-order valence-corrected chi connectivity index (χ2v) is 6.88. The molecule has 0 atom stereocenters. The van der Waals surface area contributed by atoms with Gasteiger partial charge in [0, 0.05) is 32.4 Å². The van der Waals surface area contributed by atoms with Crippen LogP contribution < -0.4 is 0 Å². The number of rotatable bonds is 2. The first-order chi connectivity index (χ1) is 12.7. The minimum atomic E-state index is -0.125. The van der Waals surface area contributed by atoms with Gasteiger partial charge in [0.15, 0.2) is 5.78 Å². The fraction of sp³-hybridized carbons (Fsp3) is 0.250. The third-order valence-electron chi connectivity index (χ3n) is 4.53. The molecule has 1 aromatic heterocycles. The summed E-state index contributed by atoms with van der Waals surface area (Å²) in [5.74, 6) is -0.0625. The molecular formula is C24H26IrNO2-. The number of nitrogens with zero attached hydrogens (tertiary/aromatic N) is 1. The zero-order chi connectivity index (χ0) is 20.1. The van der Waals surface area contributed by atoms with Gasteiger partial charge in [-0.1, -0.05) is 44.5 Å². The number of allylic oxidation sites excluding steroid dienone is 2. The number of aryl methyl sites for hydroxylation is 2. The SMILES string of the molecule is CC(=O)/C=C(/C)O.Cc1ccc2ccnc(-c3[c-]cc(C)c(C)c3C)c2c1.[Ir]. The summed E-state index contributed by atoms with van der Waals surface area (Å²) >= 11 is 0. The van der Waals surface area contributed by atoms with Gasteiger partial charge in [0.05, 0.1) is 5.76 Å². The Morgan fingerprint density at radius 1 is 1.07 bits per heavy atom. The van der Waals surface area contributed by atoms with E-state index >= 15 is 0 Å². The molecule has 3 nitrogen and oxygen atoms in total. The summed E-state index contributed by atoms with van der Waals surface area (Å²) in [6, 6.07) is 14.0. The minimum absolute atomic E-state index is 0. The van der Waals surface area contributed by atoms with Gasteiger partial charge >= 0.3 is 0 Å². The van der Waals surface area contributed by atoms with E-state index in [0.29, 0.717) is 0 Å². The monoisotopic (exact) mass is 553 g/mol. The third-order valence-corrected chi connectivity index (χ3v) is 4.53. The summed E-state index contributed by atoms with van der Waals surface area (Å²) in [5.41, 5.74) is 7.28. The number of fused-ring (bicyclic) bond motifs is 1.